The van der Waals surface area contributed by atoms with Crippen LogP contribution in [0.3, 0.4) is 0 Å². The Kier molecular flexibility index (Phi) is 4.49. The summed E-state index contributed by atoms with van der Waals surface area (Å²) in [4.78, 5) is 2.42. The minimum Gasteiger partial charge on any atom is -0.334 e. The minimum atomic E-state index is 0.355. The molecule has 0 radical (unpaired) electrons. The van der Waals surface area contributed by atoms with Gasteiger partial charge in [0.05, 0.1) is 6.04 Å². The second-order valence-electron chi connectivity index (χ2n) is 5.85. The SMILES string of the molecule is CC1=CC=CC(N(c2ccc(Br)cc2)c2cccc(C)c2)C1. The third-order valence-electron chi connectivity index (χ3n) is 3.96. The van der Waals surface area contributed by atoms with E-state index in [0.29, 0.717) is 6.04 Å². The predicted octanol–water partition coefficient (Wildman–Crippen LogP) is 6.17. The van der Waals surface area contributed by atoms with Gasteiger partial charge in [0.1, 0.15) is 0 Å². The van der Waals surface area contributed by atoms with Crippen molar-refractivity contribution in [2.24, 2.45) is 0 Å². The summed E-state index contributed by atoms with van der Waals surface area (Å²) in [7, 11) is 0. The Balaban J connectivity index is 2.04. The molecule has 1 unspecified atom stereocenters. The lowest BCUT2D eigenvalue weighted by atomic mass is 9.99. The topological polar surface area (TPSA) is 3.24 Å². The van der Waals surface area contributed by atoms with Crippen LogP contribution in [0.1, 0.15) is 18.9 Å². The highest BCUT2D eigenvalue weighted by molar-refractivity contribution is 9.10. The molecule has 0 saturated carbocycles. The second-order valence-corrected chi connectivity index (χ2v) is 6.77. The monoisotopic (exact) mass is 353 g/mol. The van der Waals surface area contributed by atoms with Crippen LogP contribution in [-0.2, 0) is 0 Å². The van der Waals surface area contributed by atoms with E-state index < -0.39 is 0 Å². The van der Waals surface area contributed by atoms with E-state index in [2.05, 4.69) is 101 Å². The van der Waals surface area contributed by atoms with Crippen LogP contribution in [-0.4, -0.2) is 6.04 Å². The lowest BCUT2D eigenvalue weighted by Gasteiger charge is -2.34. The Morgan fingerprint density at radius 3 is 2.45 bits per heavy atom. The van der Waals surface area contributed by atoms with Crippen molar-refractivity contribution in [2.45, 2.75) is 26.3 Å². The number of nitrogens with zero attached hydrogens (tertiary/aromatic N) is 1. The maximum Gasteiger partial charge on any atom is 0.0562 e. The second kappa shape index (κ2) is 6.53. The molecule has 3 rings (SSSR count). The molecule has 0 spiro atoms. The van der Waals surface area contributed by atoms with Gasteiger partial charge in [-0.1, -0.05) is 51.9 Å². The molecule has 1 nitrogen and oxygen atoms in total. The number of halogens is 1. The van der Waals surface area contributed by atoms with Crippen LogP contribution >= 0.6 is 15.9 Å². The zero-order valence-electron chi connectivity index (χ0n) is 13.0. The fourth-order valence-electron chi connectivity index (χ4n) is 2.90. The largest absolute Gasteiger partial charge is 0.334 e. The summed E-state index contributed by atoms with van der Waals surface area (Å²) in [5, 5.41) is 0. The van der Waals surface area contributed by atoms with E-state index in [0.717, 1.165) is 10.9 Å². The van der Waals surface area contributed by atoms with Crippen LogP contribution in [0.25, 0.3) is 0 Å². The number of allylic oxidation sites excluding steroid dienone is 2. The van der Waals surface area contributed by atoms with Gasteiger partial charge < -0.3 is 4.90 Å². The van der Waals surface area contributed by atoms with E-state index in [4.69, 9.17) is 0 Å². The summed E-state index contributed by atoms with van der Waals surface area (Å²) in [6.07, 6.45) is 7.72. The standard InChI is InChI=1S/C20H20BrN/c1-15-5-3-7-19(13-15)22(18-11-9-17(21)10-12-18)20-8-4-6-16(2)14-20/h3-13,20H,14H2,1-2H3. The highest BCUT2D eigenvalue weighted by Crippen LogP contribution is 2.33. The van der Waals surface area contributed by atoms with E-state index in [1.54, 1.807) is 0 Å². The third kappa shape index (κ3) is 3.33. The first-order chi connectivity index (χ1) is 10.6. The summed E-state index contributed by atoms with van der Waals surface area (Å²) in [6.45, 7) is 4.34. The van der Waals surface area contributed by atoms with E-state index in [1.807, 2.05) is 0 Å². The van der Waals surface area contributed by atoms with Crippen molar-refractivity contribution < 1.29 is 0 Å². The fraction of sp³-hybridized carbons (Fsp3) is 0.200. The molecule has 0 bridgehead atoms. The van der Waals surface area contributed by atoms with Crippen molar-refractivity contribution in [3.8, 4) is 0 Å². The normalized spacial score (nSPS) is 17.2. The quantitative estimate of drug-likeness (QED) is 0.637. The molecule has 1 aliphatic rings. The van der Waals surface area contributed by atoms with E-state index in [-0.39, 0.29) is 0 Å². The van der Waals surface area contributed by atoms with Crippen molar-refractivity contribution in [1.29, 1.82) is 0 Å². The van der Waals surface area contributed by atoms with Gasteiger partial charge in [-0.3, -0.25) is 0 Å². The molecule has 112 valence electrons. The van der Waals surface area contributed by atoms with Crippen molar-refractivity contribution in [3.63, 3.8) is 0 Å². The van der Waals surface area contributed by atoms with Crippen LogP contribution in [0, 0.1) is 6.92 Å². The lowest BCUT2D eigenvalue weighted by molar-refractivity contribution is 0.757. The number of aryl methyl sites for hydroxylation is 1. The number of hydrogen-bond acceptors (Lipinski definition) is 1. The fourth-order valence-corrected chi connectivity index (χ4v) is 3.17. The molecular weight excluding hydrogens is 334 g/mol. The minimum absolute atomic E-state index is 0.355. The van der Waals surface area contributed by atoms with Crippen LogP contribution in [0.4, 0.5) is 11.4 Å². The zero-order valence-corrected chi connectivity index (χ0v) is 14.5. The summed E-state index contributed by atoms with van der Waals surface area (Å²) in [5.74, 6) is 0. The number of benzene rings is 2. The van der Waals surface area contributed by atoms with E-state index >= 15 is 0 Å². The molecular formula is C20H20BrN. The molecule has 0 saturated heterocycles. The summed E-state index contributed by atoms with van der Waals surface area (Å²) < 4.78 is 1.11. The molecule has 0 N–H and O–H groups in total. The summed E-state index contributed by atoms with van der Waals surface area (Å²) in [5.41, 5.74) is 5.17. The van der Waals surface area contributed by atoms with Gasteiger partial charge in [-0.2, -0.15) is 0 Å². The van der Waals surface area contributed by atoms with E-state index in [9.17, 15) is 0 Å². The molecule has 0 aromatic heterocycles. The maximum absolute atomic E-state index is 3.53. The highest BCUT2D eigenvalue weighted by Gasteiger charge is 2.20. The Morgan fingerprint density at radius 2 is 1.77 bits per heavy atom. The molecule has 2 aromatic carbocycles. The van der Waals surface area contributed by atoms with E-state index in [1.165, 1.54) is 22.5 Å². The van der Waals surface area contributed by atoms with Crippen molar-refractivity contribution in [2.75, 3.05) is 4.90 Å². The van der Waals surface area contributed by atoms with Gasteiger partial charge in [0.15, 0.2) is 0 Å². The van der Waals surface area contributed by atoms with Gasteiger partial charge in [-0.15, -0.1) is 0 Å². The summed E-state index contributed by atoms with van der Waals surface area (Å²) >= 11 is 3.53. The molecule has 2 aromatic rings. The van der Waals surface area contributed by atoms with Crippen LogP contribution in [0.5, 0.6) is 0 Å². The van der Waals surface area contributed by atoms with Crippen LogP contribution in [0.15, 0.2) is 76.8 Å². The molecule has 0 fully saturated rings. The van der Waals surface area contributed by atoms with Crippen LogP contribution < -0.4 is 4.90 Å². The average Bonchev–Trinajstić information content (AvgIpc) is 2.50. The summed E-state index contributed by atoms with van der Waals surface area (Å²) in [6, 6.07) is 17.6. The molecule has 1 atom stereocenters. The smallest absolute Gasteiger partial charge is 0.0562 e. The molecule has 0 heterocycles. The van der Waals surface area contributed by atoms with Gasteiger partial charge in [-0.05, 0) is 62.2 Å². The van der Waals surface area contributed by atoms with Crippen LogP contribution in [0.2, 0.25) is 0 Å². The van der Waals surface area contributed by atoms with Gasteiger partial charge in [0.25, 0.3) is 0 Å². The Labute approximate surface area is 141 Å². The Hall–Kier alpha value is -1.80. The average molecular weight is 354 g/mol. The van der Waals surface area contributed by atoms with Crippen molar-refractivity contribution >= 4 is 27.3 Å². The first-order valence-electron chi connectivity index (χ1n) is 7.59. The van der Waals surface area contributed by atoms with Crippen molar-refractivity contribution in [1.82, 2.24) is 0 Å². The molecule has 22 heavy (non-hydrogen) atoms. The third-order valence-corrected chi connectivity index (χ3v) is 4.49. The first-order valence-corrected chi connectivity index (χ1v) is 8.38. The molecule has 0 amide bonds. The number of rotatable bonds is 3. The predicted molar refractivity (Wildman–Crippen MR) is 98.8 cm³/mol. The lowest BCUT2D eigenvalue weighted by Crippen LogP contribution is -2.30. The molecule has 2 heteroatoms. The van der Waals surface area contributed by atoms with Gasteiger partial charge in [0, 0.05) is 15.8 Å². The van der Waals surface area contributed by atoms with Crippen molar-refractivity contribution in [3.05, 3.63) is 82.4 Å². The Morgan fingerprint density at radius 1 is 1.00 bits per heavy atom. The highest BCUT2D eigenvalue weighted by atomic mass is 79.9. The number of anilines is 2. The van der Waals surface area contributed by atoms with Gasteiger partial charge in [-0.25, -0.2) is 0 Å². The maximum atomic E-state index is 3.53. The molecule has 1 aliphatic carbocycles. The first kappa shape index (κ1) is 15.1. The Bertz CT molecular complexity index is 713. The molecule has 0 aliphatic heterocycles. The zero-order chi connectivity index (χ0) is 15.5. The van der Waals surface area contributed by atoms with Gasteiger partial charge in [0.2, 0.25) is 0 Å². The van der Waals surface area contributed by atoms with Gasteiger partial charge >= 0.3 is 0 Å². The number of hydrogen-bond donors (Lipinski definition) is 0.